The van der Waals surface area contributed by atoms with Crippen molar-refractivity contribution in [1.82, 2.24) is 10.2 Å². The first-order chi connectivity index (χ1) is 11.7. The Labute approximate surface area is 144 Å². The maximum atomic E-state index is 12.4. The lowest BCUT2D eigenvalue weighted by molar-refractivity contribution is -0.130. The average molecular weight is 332 g/mol. The van der Waals surface area contributed by atoms with Crippen LogP contribution in [0, 0.1) is 0 Å². The van der Waals surface area contributed by atoms with Gasteiger partial charge in [-0.1, -0.05) is 25.3 Å². The predicted octanol–water partition coefficient (Wildman–Crippen LogP) is 2.60. The van der Waals surface area contributed by atoms with Crippen molar-refractivity contribution in [1.29, 1.82) is 0 Å². The summed E-state index contributed by atoms with van der Waals surface area (Å²) >= 11 is 0. The molecule has 0 spiro atoms. The molecule has 1 unspecified atom stereocenters. The van der Waals surface area contributed by atoms with Crippen LogP contribution in [0.5, 0.6) is 11.5 Å². The van der Waals surface area contributed by atoms with Gasteiger partial charge in [0.1, 0.15) is 17.6 Å². The highest BCUT2D eigenvalue weighted by atomic mass is 16.5. The summed E-state index contributed by atoms with van der Waals surface area (Å²) in [7, 11) is 1.65. The molecule has 3 rings (SSSR count). The molecular formula is C19H28N2O3. The quantitative estimate of drug-likeness (QED) is 0.870. The van der Waals surface area contributed by atoms with Gasteiger partial charge in [-0.25, -0.2) is 0 Å². The number of likely N-dealkylation sites (tertiary alicyclic amines) is 1. The van der Waals surface area contributed by atoms with E-state index in [9.17, 15) is 4.79 Å². The Kier molecular flexibility index (Phi) is 5.61. The zero-order valence-corrected chi connectivity index (χ0v) is 14.7. The van der Waals surface area contributed by atoms with E-state index in [4.69, 9.17) is 9.47 Å². The molecule has 0 aromatic heterocycles. The van der Waals surface area contributed by atoms with Crippen LogP contribution in [0.15, 0.2) is 24.3 Å². The number of carbonyl (C=O) groups excluding carboxylic acids is 1. The third kappa shape index (κ3) is 4.20. The topological polar surface area (TPSA) is 50.8 Å². The van der Waals surface area contributed by atoms with E-state index in [0.29, 0.717) is 6.04 Å². The zero-order chi connectivity index (χ0) is 16.9. The molecular weight excluding hydrogens is 304 g/mol. The van der Waals surface area contributed by atoms with Gasteiger partial charge in [-0.3, -0.25) is 9.69 Å². The first-order valence-corrected chi connectivity index (χ1v) is 9.01. The summed E-state index contributed by atoms with van der Waals surface area (Å²) in [6.45, 7) is 3.56. The Bertz CT molecular complexity index is 551. The Balaban J connectivity index is 1.42. The van der Waals surface area contributed by atoms with Crippen LogP contribution in [-0.4, -0.2) is 49.2 Å². The van der Waals surface area contributed by atoms with E-state index in [1.54, 1.807) is 7.11 Å². The normalized spacial score (nSPS) is 20.9. The van der Waals surface area contributed by atoms with Crippen molar-refractivity contribution in [3.63, 3.8) is 0 Å². The minimum absolute atomic E-state index is 0.0860. The van der Waals surface area contributed by atoms with Crippen LogP contribution in [0.4, 0.5) is 0 Å². The maximum absolute atomic E-state index is 12.4. The lowest BCUT2D eigenvalue weighted by Crippen LogP contribution is -2.61. The van der Waals surface area contributed by atoms with Gasteiger partial charge in [-0.05, 0) is 31.9 Å². The smallest absolute Gasteiger partial charge is 0.237 e. The van der Waals surface area contributed by atoms with Crippen LogP contribution in [0.3, 0.4) is 0 Å². The van der Waals surface area contributed by atoms with Gasteiger partial charge in [0, 0.05) is 25.2 Å². The number of carbonyl (C=O) groups is 1. The zero-order valence-electron chi connectivity index (χ0n) is 14.7. The molecule has 1 aromatic carbocycles. The Morgan fingerprint density at radius 3 is 2.62 bits per heavy atom. The van der Waals surface area contributed by atoms with E-state index in [0.717, 1.165) is 37.4 Å². The molecule has 1 saturated carbocycles. The van der Waals surface area contributed by atoms with Crippen LogP contribution >= 0.6 is 0 Å². The lowest BCUT2D eigenvalue weighted by atomic mass is 9.95. The van der Waals surface area contributed by atoms with Gasteiger partial charge >= 0.3 is 0 Å². The third-order valence-corrected chi connectivity index (χ3v) is 5.10. The van der Waals surface area contributed by atoms with Crippen LogP contribution in [0.1, 0.15) is 39.0 Å². The van der Waals surface area contributed by atoms with Gasteiger partial charge < -0.3 is 14.8 Å². The van der Waals surface area contributed by atoms with Crippen molar-refractivity contribution in [2.75, 3.05) is 20.2 Å². The Morgan fingerprint density at radius 1 is 1.21 bits per heavy atom. The highest BCUT2D eigenvalue weighted by Gasteiger charge is 2.35. The van der Waals surface area contributed by atoms with Gasteiger partial charge in [0.15, 0.2) is 0 Å². The third-order valence-electron chi connectivity index (χ3n) is 5.10. The number of nitrogens with one attached hydrogen (secondary N) is 1. The number of hydrogen-bond donors (Lipinski definition) is 1. The van der Waals surface area contributed by atoms with Crippen LogP contribution in [0.2, 0.25) is 0 Å². The minimum Gasteiger partial charge on any atom is -0.497 e. The van der Waals surface area contributed by atoms with Crippen molar-refractivity contribution in [2.45, 2.75) is 57.2 Å². The van der Waals surface area contributed by atoms with E-state index >= 15 is 0 Å². The fraction of sp³-hybridized carbons (Fsp3) is 0.632. The number of amides is 1. The molecule has 1 heterocycles. The van der Waals surface area contributed by atoms with Gasteiger partial charge in [-0.15, -0.1) is 0 Å². The first-order valence-electron chi connectivity index (χ1n) is 9.01. The van der Waals surface area contributed by atoms with Gasteiger partial charge in [0.25, 0.3) is 0 Å². The molecule has 1 saturated heterocycles. The molecule has 5 heteroatoms. The van der Waals surface area contributed by atoms with E-state index < -0.39 is 0 Å². The molecule has 132 valence electrons. The lowest BCUT2D eigenvalue weighted by Gasteiger charge is -2.42. The summed E-state index contributed by atoms with van der Waals surface area (Å²) in [4.78, 5) is 14.6. The highest BCUT2D eigenvalue weighted by molar-refractivity contribution is 5.81. The van der Waals surface area contributed by atoms with Crippen LogP contribution in [-0.2, 0) is 4.79 Å². The SMILES string of the molecule is COc1cccc(OC2CN(C(C)C(=O)NC3CCCCC3)C2)c1. The Hall–Kier alpha value is -1.75. The van der Waals surface area contributed by atoms with Crippen molar-refractivity contribution in [2.24, 2.45) is 0 Å². The summed E-state index contributed by atoms with van der Waals surface area (Å²) in [5.74, 6) is 1.77. The second-order valence-corrected chi connectivity index (χ2v) is 6.89. The fourth-order valence-corrected chi connectivity index (χ4v) is 3.46. The maximum Gasteiger partial charge on any atom is 0.237 e. The molecule has 1 aromatic rings. The molecule has 24 heavy (non-hydrogen) atoms. The van der Waals surface area contributed by atoms with Crippen molar-refractivity contribution < 1.29 is 14.3 Å². The summed E-state index contributed by atoms with van der Waals surface area (Å²) in [6, 6.07) is 7.94. The van der Waals surface area contributed by atoms with E-state index in [1.807, 2.05) is 31.2 Å². The summed E-state index contributed by atoms with van der Waals surface area (Å²) < 4.78 is 11.2. The minimum atomic E-state index is -0.0860. The fourth-order valence-electron chi connectivity index (χ4n) is 3.46. The molecule has 1 aliphatic heterocycles. The molecule has 0 bridgehead atoms. The summed E-state index contributed by atoms with van der Waals surface area (Å²) in [5, 5.41) is 3.21. The van der Waals surface area contributed by atoms with Crippen molar-refractivity contribution >= 4 is 5.91 Å². The monoisotopic (exact) mass is 332 g/mol. The van der Waals surface area contributed by atoms with E-state index in [2.05, 4.69) is 10.2 Å². The molecule has 2 aliphatic rings. The average Bonchev–Trinajstić information content (AvgIpc) is 2.58. The van der Waals surface area contributed by atoms with Gasteiger partial charge in [0.05, 0.1) is 13.2 Å². The number of nitrogens with zero attached hydrogens (tertiary/aromatic N) is 1. The summed E-state index contributed by atoms with van der Waals surface area (Å²) in [5.41, 5.74) is 0. The number of rotatable bonds is 6. The standard InChI is InChI=1S/C19H28N2O3/c1-14(19(22)20-15-7-4-3-5-8-15)21-12-18(13-21)24-17-10-6-9-16(11-17)23-2/h6,9-11,14-15,18H,3-5,7-8,12-13H2,1-2H3,(H,20,22). The largest absolute Gasteiger partial charge is 0.497 e. The number of ether oxygens (including phenoxy) is 2. The van der Waals surface area contributed by atoms with Crippen molar-refractivity contribution in [3.05, 3.63) is 24.3 Å². The van der Waals surface area contributed by atoms with Crippen LogP contribution in [0.25, 0.3) is 0 Å². The van der Waals surface area contributed by atoms with Crippen LogP contribution < -0.4 is 14.8 Å². The van der Waals surface area contributed by atoms with Gasteiger partial charge in [0.2, 0.25) is 5.91 Å². The molecule has 1 N–H and O–H groups in total. The number of hydrogen-bond acceptors (Lipinski definition) is 4. The highest BCUT2D eigenvalue weighted by Crippen LogP contribution is 2.24. The summed E-state index contributed by atoms with van der Waals surface area (Å²) in [6.07, 6.45) is 6.16. The second kappa shape index (κ2) is 7.88. The molecule has 0 radical (unpaired) electrons. The predicted molar refractivity (Wildman–Crippen MR) is 93.5 cm³/mol. The second-order valence-electron chi connectivity index (χ2n) is 6.89. The molecule has 5 nitrogen and oxygen atoms in total. The molecule has 1 amide bonds. The molecule has 2 fully saturated rings. The molecule has 1 atom stereocenters. The first kappa shape index (κ1) is 17.1. The van der Waals surface area contributed by atoms with Crippen molar-refractivity contribution in [3.8, 4) is 11.5 Å². The molecule has 1 aliphatic carbocycles. The Morgan fingerprint density at radius 2 is 1.92 bits per heavy atom. The van der Waals surface area contributed by atoms with E-state index in [1.165, 1.54) is 19.3 Å². The number of methoxy groups -OCH3 is 1. The van der Waals surface area contributed by atoms with E-state index in [-0.39, 0.29) is 18.1 Å². The number of benzene rings is 1. The van der Waals surface area contributed by atoms with Gasteiger partial charge in [-0.2, -0.15) is 0 Å².